The van der Waals surface area contributed by atoms with Gasteiger partial charge in [-0.1, -0.05) is 0 Å². The van der Waals surface area contributed by atoms with E-state index in [2.05, 4.69) is 4.90 Å². The van der Waals surface area contributed by atoms with Gasteiger partial charge in [-0.15, -0.1) is 0 Å². The third-order valence-electron chi connectivity index (χ3n) is 3.56. The Balaban J connectivity index is 2.40. The van der Waals surface area contributed by atoms with E-state index >= 15 is 0 Å². The topological polar surface area (TPSA) is 59.1 Å². The Labute approximate surface area is 140 Å². The minimum Gasteiger partial charge on any atom is -0.459 e. The maximum atomic E-state index is 12.1. The van der Waals surface area contributed by atoms with Crippen molar-refractivity contribution in [3.63, 3.8) is 0 Å². The molecule has 1 fully saturated rings. The Morgan fingerprint density at radius 2 is 1.48 bits per heavy atom. The maximum Gasteiger partial charge on any atom is 0.410 e. The number of ether oxygens (including phenoxy) is 2. The van der Waals surface area contributed by atoms with Crippen molar-refractivity contribution in [1.29, 1.82) is 0 Å². The average Bonchev–Trinajstić information content (AvgIpc) is 2.34. The van der Waals surface area contributed by atoms with Gasteiger partial charge in [-0.25, -0.2) is 4.79 Å². The Morgan fingerprint density at radius 1 is 1.00 bits per heavy atom. The molecule has 23 heavy (non-hydrogen) atoms. The van der Waals surface area contributed by atoms with Gasteiger partial charge in [0.2, 0.25) is 0 Å². The Morgan fingerprint density at radius 3 is 1.91 bits per heavy atom. The first kappa shape index (κ1) is 19.7. The van der Waals surface area contributed by atoms with E-state index in [9.17, 15) is 9.59 Å². The van der Waals surface area contributed by atoms with Gasteiger partial charge in [-0.3, -0.25) is 9.69 Å². The number of hydrogen-bond donors (Lipinski definition) is 0. The summed E-state index contributed by atoms with van der Waals surface area (Å²) in [5, 5.41) is 0. The van der Waals surface area contributed by atoms with Gasteiger partial charge >= 0.3 is 12.1 Å². The Bertz CT molecular complexity index is 415. The van der Waals surface area contributed by atoms with Crippen LogP contribution >= 0.6 is 0 Å². The van der Waals surface area contributed by atoms with Gasteiger partial charge in [0.05, 0.1) is 6.54 Å². The van der Waals surface area contributed by atoms with Gasteiger partial charge < -0.3 is 14.4 Å². The second-order valence-electron chi connectivity index (χ2n) is 8.19. The number of amides is 1. The fourth-order valence-electron chi connectivity index (χ4n) is 2.50. The molecule has 1 rings (SSSR count). The largest absolute Gasteiger partial charge is 0.459 e. The molecule has 0 bridgehead atoms. The van der Waals surface area contributed by atoms with Crippen molar-refractivity contribution in [2.24, 2.45) is 0 Å². The zero-order valence-electron chi connectivity index (χ0n) is 15.6. The van der Waals surface area contributed by atoms with Crippen LogP contribution in [0.5, 0.6) is 0 Å². The number of hydrogen-bond acceptors (Lipinski definition) is 5. The minimum atomic E-state index is -0.483. The molecule has 1 aliphatic rings. The van der Waals surface area contributed by atoms with Gasteiger partial charge in [0.1, 0.15) is 11.2 Å². The summed E-state index contributed by atoms with van der Waals surface area (Å²) in [6.45, 7) is 13.0. The van der Waals surface area contributed by atoms with Crippen LogP contribution in [0.1, 0.15) is 54.4 Å². The van der Waals surface area contributed by atoms with E-state index in [1.54, 1.807) is 11.9 Å². The van der Waals surface area contributed by atoms with E-state index in [1.165, 1.54) is 0 Å². The maximum absolute atomic E-state index is 12.1. The third kappa shape index (κ3) is 7.68. The normalized spacial score (nSPS) is 17.7. The summed E-state index contributed by atoms with van der Waals surface area (Å²) in [5.74, 6) is -0.198. The number of esters is 1. The molecule has 0 aromatic carbocycles. The highest BCUT2D eigenvalue weighted by Crippen LogP contribution is 2.18. The van der Waals surface area contributed by atoms with Crippen molar-refractivity contribution in [2.75, 3.05) is 26.7 Å². The van der Waals surface area contributed by atoms with Crippen molar-refractivity contribution in [1.82, 2.24) is 9.80 Å². The smallest absolute Gasteiger partial charge is 0.410 e. The molecule has 0 spiro atoms. The highest BCUT2D eigenvalue weighted by Gasteiger charge is 2.29. The van der Waals surface area contributed by atoms with Crippen LogP contribution < -0.4 is 0 Å². The molecular weight excluding hydrogens is 296 g/mol. The van der Waals surface area contributed by atoms with Crippen LogP contribution in [0.15, 0.2) is 0 Å². The third-order valence-corrected chi connectivity index (χ3v) is 3.56. The molecule has 1 heterocycles. The van der Waals surface area contributed by atoms with Crippen LogP contribution in [0, 0.1) is 0 Å². The Hall–Kier alpha value is -1.30. The number of piperidine rings is 1. The van der Waals surface area contributed by atoms with Crippen LogP contribution in [0.2, 0.25) is 0 Å². The van der Waals surface area contributed by atoms with Crippen molar-refractivity contribution >= 4 is 12.1 Å². The first-order valence-electron chi connectivity index (χ1n) is 8.27. The van der Waals surface area contributed by atoms with Crippen LogP contribution in [0.25, 0.3) is 0 Å². The van der Waals surface area contributed by atoms with E-state index in [0.29, 0.717) is 6.54 Å². The number of nitrogens with zero attached hydrogens (tertiary/aromatic N) is 2. The first-order chi connectivity index (χ1) is 10.4. The molecule has 1 amide bonds. The molecule has 1 aliphatic heterocycles. The summed E-state index contributed by atoms with van der Waals surface area (Å²) in [6, 6.07) is 0.153. The molecule has 0 aromatic rings. The monoisotopic (exact) mass is 328 g/mol. The van der Waals surface area contributed by atoms with Crippen molar-refractivity contribution in [3.8, 4) is 0 Å². The van der Waals surface area contributed by atoms with Crippen molar-refractivity contribution < 1.29 is 19.1 Å². The fraction of sp³-hybridized carbons (Fsp3) is 0.882. The zero-order chi connectivity index (χ0) is 17.8. The molecule has 6 nitrogen and oxygen atoms in total. The number of likely N-dealkylation sites (tertiary alicyclic amines) is 1. The minimum absolute atomic E-state index is 0.153. The average molecular weight is 328 g/mol. The van der Waals surface area contributed by atoms with E-state index in [4.69, 9.17) is 9.47 Å². The number of carbonyl (C=O) groups excluding carboxylic acids is 2. The highest BCUT2D eigenvalue weighted by molar-refractivity contribution is 5.72. The van der Waals surface area contributed by atoms with Gasteiger partial charge in [-0.2, -0.15) is 0 Å². The van der Waals surface area contributed by atoms with Crippen LogP contribution in [-0.2, 0) is 14.3 Å². The van der Waals surface area contributed by atoms with E-state index in [-0.39, 0.29) is 18.1 Å². The SMILES string of the molecule is CN(C(=O)OC(C)(C)C)C1CCN(CC(=O)OC(C)(C)C)CC1. The molecule has 1 saturated heterocycles. The van der Waals surface area contributed by atoms with Gasteiger partial charge in [0.15, 0.2) is 0 Å². The summed E-state index contributed by atoms with van der Waals surface area (Å²) in [7, 11) is 1.78. The van der Waals surface area contributed by atoms with E-state index < -0.39 is 11.2 Å². The molecule has 6 heteroatoms. The predicted octanol–water partition coefficient (Wildman–Crippen LogP) is 2.66. The number of carbonyl (C=O) groups is 2. The second kappa shape index (κ2) is 7.51. The van der Waals surface area contributed by atoms with E-state index in [0.717, 1.165) is 25.9 Å². The summed E-state index contributed by atoms with van der Waals surface area (Å²) in [4.78, 5) is 27.7. The van der Waals surface area contributed by atoms with Crippen LogP contribution in [0.3, 0.4) is 0 Å². The van der Waals surface area contributed by atoms with Gasteiger partial charge in [0, 0.05) is 26.2 Å². The molecule has 0 unspecified atom stereocenters. The lowest BCUT2D eigenvalue weighted by molar-refractivity contribution is -0.156. The highest BCUT2D eigenvalue weighted by atomic mass is 16.6. The standard InChI is InChI=1S/C17H32N2O4/c1-16(2,3)22-14(20)12-19-10-8-13(9-11-19)18(7)15(21)23-17(4,5)6/h13H,8-12H2,1-7H3. The molecule has 0 radical (unpaired) electrons. The second-order valence-corrected chi connectivity index (χ2v) is 8.19. The molecular formula is C17H32N2O4. The lowest BCUT2D eigenvalue weighted by Crippen LogP contribution is -2.48. The summed E-state index contributed by atoms with van der Waals surface area (Å²) < 4.78 is 10.7. The first-order valence-corrected chi connectivity index (χ1v) is 8.27. The number of rotatable bonds is 3. The summed E-state index contributed by atoms with van der Waals surface area (Å²) in [6.07, 6.45) is 1.37. The zero-order valence-corrected chi connectivity index (χ0v) is 15.6. The molecule has 0 atom stereocenters. The van der Waals surface area contributed by atoms with Crippen LogP contribution in [0.4, 0.5) is 4.79 Å². The molecule has 0 saturated carbocycles. The fourth-order valence-corrected chi connectivity index (χ4v) is 2.50. The summed E-state index contributed by atoms with van der Waals surface area (Å²) in [5.41, 5.74) is -0.935. The van der Waals surface area contributed by atoms with E-state index in [1.807, 2.05) is 41.5 Å². The summed E-state index contributed by atoms with van der Waals surface area (Å²) >= 11 is 0. The molecule has 0 aliphatic carbocycles. The Kier molecular flexibility index (Phi) is 6.45. The lowest BCUT2D eigenvalue weighted by atomic mass is 10.0. The molecule has 134 valence electrons. The quantitative estimate of drug-likeness (QED) is 0.746. The molecule has 0 N–H and O–H groups in total. The van der Waals surface area contributed by atoms with Crippen molar-refractivity contribution in [2.45, 2.75) is 71.6 Å². The van der Waals surface area contributed by atoms with Gasteiger partial charge in [0.25, 0.3) is 0 Å². The van der Waals surface area contributed by atoms with Crippen LogP contribution in [-0.4, -0.2) is 65.8 Å². The lowest BCUT2D eigenvalue weighted by Gasteiger charge is -2.37. The van der Waals surface area contributed by atoms with Gasteiger partial charge in [-0.05, 0) is 54.4 Å². The predicted molar refractivity (Wildman–Crippen MR) is 89.3 cm³/mol. The van der Waals surface area contributed by atoms with Crippen molar-refractivity contribution in [3.05, 3.63) is 0 Å². The molecule has 0 aromatic heterocycles.